The molecule has 1 aromatic heterocycles. The van der Waals surface area contributed by atoms with Gasteiger partial charge in [-0.25, -0.2) is 9.97 Å². The number of nitrogen functional groups attached to an aromatic ring is 1. The van der Waals surface area contributed by atoms with Crippen molar-refractivity contribution in [2.45, 2.75) is 20.3 Å². The number of hydrogen-bond donors (Lipinski definition) is 2. The summed E-state index contributed by atoms with van der Waals surface area (Å²) in [5, 5.41) is 3.26. The lowest BCUT2D eigenvalue weighted by Crippen LogP contribution is -2.06. The fourth-order valence-electron chi connectivity index (χ4n) is 1.52. The number of aryl methyl sites for hydroxylation is 1. The Labute approximate surface area is 101 Å². The van der Waals surface area contributed by atoms with Gasteiger partial charge in [-0.3, -0.25) is 0 Å². The number of benzene rings is 1. The molecule has 2 rings (SSSR count). The van der Waals surface area contributed by atoms with E-state index in [1.54, 1.807) is 0 Å². The number of anilines is 3. The summed E-state index contributed by atoms with van der Waals surface area (Å²) >= 11 is 0. The van der Waals surface area contributed by atoms with Crippen LogP contribution in [-0.4, -0.2) is 9.97 Å². The molecule has 0 aliphatic heterocycles. The van der Waals surface area contributed by atoms with E-state index in [9.17, 15) is 0 Å². The normalized spacial score (nSPS) is 10.2. The van der Waals surface area contributed by atoms with Crippen LogP contribution in [0.5, 0.6) is 0 Å². The maximum Gasteiger partial charge on any atom is 0.139 e. The molecule has 17 heavy (non-hydrogen) atoms. The SMILES string of the molecule is CCc1nc(N)c(C)c(Nc2ccccc2)n1. The number of nitrogens with one attached hydrogen (secondary N) is 1. The summed E-state index contributed by atoms with van der Waals surface area (Å²) in [6, 6.07) is 9.91. The molecule has 4 nitrogen and oxygen atoms in total. The summed E-state index contributed by atoms with van der Waals surface area (Å²) in [4.78, 5) is 8.66. The van der Waals surface area contributed by atoms with Crippen molar-refractivity contribution >= 4 is 17.3 Å². The lowest BCUT2D eigenvalue weighted by Gasteiger charge is -2.11. The van der Waals surface area contributed by atoms with Crippen molar-refractivity contribution in [2.24, 2.45) is 0 Å². The van der Waals surface area contributed by atoms with Crippen LogP contribution in [0.1, 0.15) is 18.3 Å². The molecule has 0 spiro atoms. The quantitative estimate of drug-likeness (QED) is 0.847. The monoisotopic (exact) mass is 228 g/mol. The maximum atomic E-state index is 5.86. The molecule has 0 amide bonds. The molecule has 0 saturated heterocycles. The van der Waals surface area contributed by atoms with E-state index < -0.39 is 0 Å². The van der Waals surface area contributed by atoms with Crippen LogP contribution < -0.4 is 11.1 Å². The molecule has 0 atom stereocenters. The topological polar surface area (TPSA) is 63.8 Å². The Morgan fingerprint density at radius 1 is 1.18 bits per heavy atom. The first-order valence-electron chi connectivity index (χ1n) is 5.65. The molecule has 0 bridgehead atoms. The third kappa shape index (κ3) is 2.53. The number of aromatic nitrogens is 2. The molecule has 0 unspecified atom stereocenters. The molecule has 2 aromatic rings. The molecule has 0 saturated carbocycles. The van der Waals surface area contributed by atoms with Crippen LogP contribution >= 0.6 is 0 Å². The molecule has 0 aliphatic carbocycles. The van der Waals surface area contributed by atoms with Crippen molar-refractivity contribution in [3.05, 3.63) is 41.7 Å². The van der Waals surface area contributed by atoms with Gasteiger partial charge >= 0.3 is 0 Å². The van der Waals surface area contributed by atoms with Crippen LogP contribution in [0.4, 0.5) is 17.3 Å². The first-order valence-corrected chi connectivity index (χ1v) is 5.65. The Morgan fingerprint density at radius 3 is 2.53 bits per heavy atom. The predicted molar refractivity (Wildman–Crippen MR) is 70.3 cm³/mol. The van der Waals surface area contributed by atoms with Crippen LogP contribution in [0.2, 0.25) is 0 Å². The Bertz CT molecular complexity index is 508. The summed E-state index contributed by atoms with van der Waals surface area (Å²) in [7, 11) is 0. The zero-order chi connectivity index (χ0) is 12.3. The highest BCUT2D eigenvalue weighted by Gasteiger charge is 2.07. The molecule has 1 heterocycles. The van der Waals surface area contributed by atoms with E-state index in [1.165, 1.54) is 0 Å². The largest absolute Gasteiger partial charge is 0.383 e. The van der Waals surface area contributed by atoms with Gasteiger partial charge in [0, 0.05) is 17.7 Å². The minimum atomic E-state index is 0.537. The van der Waals surface area contributed by atoms with Gasteiger partial charge in [-0.2, -0.15) is 0 Å². The summed E-state index contributed by atoms with van der Waals surface area (Å²) < 4.78 is 0. The van der Waals surface area contributed by atoms with Crippen molar-refractivity contribution in [1.29, 1.82) is 0 Å². The van der Waals surface area contributed by atoms with Crippen molar-refractivity contribution < 1.29 is 0 Å². The minimum Gasteiger partial charge on any atom is -0.383 e. The standard InChI is InChI=1S/C13H16N4/c1-3-11-16-12(14)9(2)13(17-11)15-10-7-5-4-6-8-10/h4-8H,3H2,1-2H3,(H3,14,15,16,17). The zero-order valence-electron chi connectivity index (χ0n) is 10.1. The van der Waals surface area contributed by atoms with Gasteiger partial charge in [-0.15, -0.1) is 0 Å². The molecule has 3 N–H and O–H groups in total. The Hall–Kier alpha value is -2.10. The molecule has 88 valence electrons. The zero-order valence-corrected chi connectivity index (χ0v) is 10.1. The summed E-state index contributed by atoms with van der Waals surface area (Å²) in [5.74, 6) is 2.07. The van der Waals surface area contributed by atoms with Crippen LogP contribution in [0.3, 0.4) is 0 Å². The number of nitrogens with zero attached hydrogens (tertiary/aromatic N) is 2. The Morgan fingerprint density at radius 2 is 1.88 bits per heavy atom. The molecular weight excluding hydrogens is 212 g/mol. The van der Waals surface area contributed by atoms with Crippen molar-refractivity contribution in [3.63, 3.8) is 0 Å². The maximum absolute atomic E-state index is 5.86. The molecule has 0 radical (unpaired) electrons. The number of para-hydroxylation sites is 1. The van der Waals surface area contributed by atoms with E-state index in [2.05, 4.69) is 15.3 Å². The predicted octanol–water partition coefficient (Wildman–Crippen LogP) is 2.67. The highest BCUT2D eigenvalue weighted by Crippen LogP contribution is 2.21. The van der Waals surface area contributed by atoms with E-state index in [1.807, 2.05) is 44.2 Å². The average Bonchev–Trinajstić information content (AvgIpc) is 2.36. The lowest BCUT2D eigenvalue weighted by molar-refractivity contribution is 0.940. The molecule has 0 aliphatic rings. The van der Waals surface area contributed by atoms with Gasteiger partial charge in [0.2, 0.25) is 0 Å². The molecule has 0 fully saturated rings. The lowest BCUT2D eigenvalue weighted by atomic mass is 10.2. The van der Waals surface area contributed by atoms with Gasteiger partial charge in [0.1, 0.15) is 17.5 Å². The van der Waals surface area contributed by atoms with E-state index in [-0.39, 0.29) is 0 Å². The van der Waals surface area contributed by atoms with Gasteiger partial charge < -0.3 is 11.1 Å². The fraction of sp³-hybridized carbons (Fsp3) is 0.231. The van der Waals surface area contributed by atoms with E-state index in [0.29, 0.717) is 5.82 Å². The second-order valence-corrected chi connectivity index (χ2v) is 3.84. The fourth-order valence-corrected chi connectivity index (χ4v) is 1.52. The Balaban J connectivity index is 2.35. The highest BCUT2D eigenvalue weighted by atomic mass is 15.1. The first-order chi connectivity index (χ1) is 8.20. The van der Waals surface area contributed by atoms with Gasteiger partial charge in [0.05, 0.1) is 0 Å². The summed E-state index contributed by atoms with van der Waals surface area (Å²) in [6.45, 7) is 3.93. The molecular formula is C13H16N4. The second kappa shape index (κ2) is 4.82. The highest BCUT2D eigenvalue weighted by molar-refractivity contribution is 5.63. The van der Waals surface area contributed by atoms with Crippen LogP contribution in [-0.2, 0) is 6.42 Å². The number of nitrogens with two attached hydrogens (primary N) is 1. The smallest absolute Gasteiger partial charge is 0.139 e. The van der Waals surface area contributed by atoms with Crippen molar-refractivity contribution in [3.8, 4) is 0 Å². The van der Waals surface area contributed by atoms with Crippen molar-refractivity contribution in [2.75, 3.05) is 11.1 Å². The van der Waals surface area contributed by atoms with Crippen LogP contribution in [0.25, 0.3) is 0 Å². The first kappa shape index (κ1) is 11.4. The van der Waals surface area contributed by atoms with Gasteiger partial charge in [0.15, 0.2) is 0 Å². The van der Waals surface area contributed by atoms with Gasteiger partial charge in [-0.1, -0.05) is 25.1 Å². The third-order valence-corrected chi connectivity index (χ3v) is 2.58. The van der Waals surface area contributed by atoms with E-state index in [4.69, 9.17) is 5.73 Å². The van der Waals surface area contributed by atoms with Crippen molar-refractivity contribution in [1.82, 2.24) is 9.97 Å². The van der Waals surface area contributed by atoms with E-state index >= 15 is 0 Å². The average molecular weight is 228 g/mol. The summed E-state index contributed by atoms with van der Waals surface area (Å²) in [5.41, 5.74) is 7.74. The third-order valence-electron chi connectivity index (χ3n) is 2.58. The molecule has 1 aromatic carbocycles. The summed E-state index contributed by atoms with van der Waals surface area (Å²) in [6.07, 6.45) is 0.772. The Kier molecular flexibility index (Phi) is 3.23. The van der Waals surface area contributed by atoms with E-state index in [0.717, 1.165) is 29.3 Å². The molecule has 4 heteroatoms. The number of hydrogen-bond acceptors (Lipinski definition) is 4. The van der Waals surface area contributed by atoms with Gasteiger partial charge in [0.25, 0.3) is 0 Å². The number of rotatable bonds is 3. The van der Waals surface area contributed by atoms with Crippen LogP contribution in [0.15, 0.2) is 30.3 Å². The van der Waals surface area contributed by atoms with Crippen LogP contribution in [0, 0.1) is 6.92 Å². The van der Waals surface area contributed by atoms with Gasteiger partial charge in [-0.05, 0) is 19.1 Å². The second-order valence-electron chi connectivity index (χ2n) is 3.84. The minimum absolute atomic E-state index is 0.537.